The predicted molar refractivity (Wildman–Crippen MR) is 52.9 cm³/mol. The van der Waals surface area contributed by atoms with Crippen LogP contribution >= 0.6 is 0 Å². The summed E-state index contributed by atoms with van der Waals surface area (Å²) < 4.78 is 4.97. The molecule has 0 fully saturated rings. The third kappa shape index (κ3) is 7.78. The molecule has 0 saturated heterocycles. The first kappa shape index (κ1) is 13.7. The number of rotatable bonds is 4. The van der Waals surface area contributed by atoms with Crippen LogP contribution in [0.1, 0.15) is 41.0 Å². The van der Waals surface area contributed by atoms with Crippen molar-refractivity contribution in [2.75, 3.05) is 0 Å². The van der Waals surface area contributed by atoms with Crippen LogP contribution in [0.4, 0.5) is 4.79 Å². The maximum Gasteiger partial charge on any atom is 0.550 e. The summed E-state index contributed by atoms with van der Waals surface area (Å²) in [4.78, 5) is 28.6. The Morgan fingerprint density at radius 2 is 1.73 bits per heavy atom. The largest absolute Gasteiger partial charge is 0.550 e. The molecule has 0 aliphatic carbocycles. The summed E-state index contributed by atoms with van der Waals surface area (Å²) in [6, 6.07) is 0. The maximum absolute atomic E-state index is 11.0. The molecular weight excluding hydrogens is 200 g/mol. The zero-order valence-corrected chi connectivity index (χ0v) is 9.83. The van der Waals surface area contributed by atoms with Crippen molar-refractivity contribution in [1.29, 1.82) is 0 Å². The molecular formula is C10H18O5. The van der Waals surface area contributed by atoms with E-state index in [2.05, 4.69) is 9.78 Å². The van der Waals surface area contributed by atoms with Gasteiger partial charge in [0.2, 0.25) is 0 Å². The summed E-state index contributed by atoms with van der Waals surface area (Å²) in [5.41, 5.74) is -0.642. The molecule has 0 bridgehead atoms. The van der Waals surface area contributed by atoms with E-state index in [9.17, 15) is 9.59 Å². The van der Waals surface area contributed by atoms with Gasteiger partial charge >= 0.3 is 12.6 Å². The van der Waals surface area contributed by atoms with Gasteiger partial charge < -0.3 is 4.74 Å². The van der Waals surface area contributed by atoms with Crippen LogP contribution in [0.2, 0.25) is 0 Å². The van der Waals surface area contributed by atoms with E-state index in [-0.39, 0.29) is 11.9 Å². The van der Waals surface area contributed by atoms with Crippen molar-refractivity contribution in [3.05, 3.63) is 0 Å². The summed E-state index contributed by atoms with van der Waals surface area (Å²) in [5, 5.41) is 0. The van der Waals surface area contributed by atoms with Crippen molar-refractivity contribution in [2.24, 2.45) is 5.41 Å². The van der Waals surface area contributed by atoms with Crippen LogP contribution in [0.5, 0.6) is 0 Å². The number of carbonyl (C=O) groups excluding carboxylic acids is 2. The van der Waals surface area contributed by atoms with Gasteiger partial charge in [-0.15, -0.1) is 0 Å². The average Bonchev–Trinajstić information content (AvgIpc) is 1.94. The average molecular weight is 218 g/mol. The van der Waals surface area contributed by atoms with Gasteiger partial charge in [0.1, 0.15) is 5.60 Å². The molecule has 0 aliphatic heterocycles. The zero-order valence-electron chi connectivity index (χ0n) is 9.83. The fraction of sp³-hybridized carbons (Fsp3) is 0.800. The van der Waals surface area contributed by atoms with Gasteiger partial charge in [0, 0.05) is 0 Å². The minimum Gasteiger partial charge on any atom is -0.426 e. The molecule has 0 aromatic carbocycles. The van der Waals surface area contributed by atoms with Gasteiger partial charge in [0.05, 0.1) is 0 Å². The Kier molecular flexibility index (Phi) is 4.58. The first-order valence-corrected chi connectivity index (χ1v) is 4.66. The van der Waals surface area contributed by atoms with E-state index in [1.165, 1.54) is 0 Å². The minimum absolute atomic E-state index is 0.0119. The van der Waals surface area contributed by atoms with Crippen molar-refractivity contribution in [1.82, 2.24) is 0 Å². The molecule has 0 amide bonds. The van der Waals surface area contributed by atoms with Crippen molar-refractivity contribution in [2.45, 2.75) is 46.6 Å². The molecule has 5 heteroatoms. The predicted octanol–water partition coefficient (Wildman–Crippen LogP) is 2.44. The third-order valence-electron chi connectivity index (χ3n) is 1.47. The first-order chi connectivity index (χ1) is 6.66. The lowest BCUT2D eigenvalue weighted by atomic mass is 9.84. The second-order valence-corrected chi connectivity index (χ2v) is 5.12. The normalized spacial score (nSPS) is 11.8. The summed E-state index contributed by atoms with van der Waals surface area (Å²) in [6.07, 6.45) is -0.354. The highest BCUT2D eigenvalue weighted by atomic mass is 17.2. The van der Waals surface area contributed by atoms with Gasteiger partial charge in [-0.3, -0.25) is 4.79 Å². The molecule has 15 heavy (non-hydrogen) atoms. The summed E-state index contributed by atoms with van der Waals surface area (Å²) in [5.74, 6) is 0. The van der Waals surface area contributed by atoms with Crippen molar-refractivity contribution in [3.63, 3.8) is 0 Å². The zero-order chi connectivity index (χ0) is 12.1. The maximum atomic E-state index is 11.0. The summed E-state index contributed by atoms with van der Waals surface area (Å²) in [6.45, 7) is 9.64. The lowest BCUT2D eigenvalue weighted by molar-refractivity contribution is -0.235. The van der Waals surface area contributed by atoms with E-state index in [0.717, 1.165) is 0 Å². The summed E-state index contributed by atoms with van der Waals surface area (Å²) >= 11 is 0. The number of ether oxygens (including phenoxy) is 1. The van der Waals surface area contributed by atoms with Crippen LogP contribution in [-0.4, -0.2) is 18.2 Å². The van der Waals surface area contributed by atoms with Gasteiger partial charge in [0.25, 0.3) is 0 Å². The van der Waals surface area contributed by atoms with Gasteiger partial charge in [-0.2, -0.15) is 4.79 Å². The van der Waals surface area contributed by atoms with Gasteiger partial charge in [-0.1, -0.05) is 20.8 Å². The smallest absolute Gasteiger partial charge is 0.426 e. The Hall–Kier alpha value is -1.26. The molecule has 0 rings (SSSR count). The molecule has 0 N–H and O–H groups in total. The third-order valence-corrected chi connectivity index (χ3v) is 1.47. The van der Waals surface area contributed by atoms with E-state index in [1.807, 2.05) is 20.8 Å². The Bertz CT molecular complexity index is 226. The van der Waals surface area contributed by atoms with E-state index in [4.69, 9.17) is 4.74 Å². The Balaban J connectivity index is 4.13. The van der Waals surface area contributed by atoms with E-state index in [0.29, 0.717) is 6.42 Å². The fourth-order valence-corrected chi connectivity index (χ4v) is 1.61. The Morgan fingerprint density at radius 3 is 2.13 bits per heavy atom. The monoisotopic (exact) mass is 218 g/mol. The van der Waals surface area contributed by atoms with Gasteiger partial charge in [0.15, 0.2) is 0 Å². The second kappa shape index (κ2) is 5.00. The molecule has 0 heterocycles. The highest BCUT2D eigenvalue weighted by molar-refractivity contribution is 5.60. The van der Waals surface area contributed by atoms with Crippen LogP contribution in [0.3, 0.4) is 0 Å². The van der Waals surface area contributed by atoms with Crippen LogP contribution in [0.15, 0.2) is 0 Å². The lowest BCUT2D eigenvalue weighted by Crippen LogP contribution is -2.33. The molecule has 0 saturated carbocycles. The molecule has 88 valence electrons. The highest BCUT2D eigenvalue weighted by Crippen LogP contribution is 2.29. The van der Waals surface area contributed by atoms with Crippen molar-refractivity contribution >= 4 is 12.6 Å². The molecule has 0 aliphatic rings. The summed E-state index contributed by atoms with van der Waals surface area (Å²) in [7, 11) is 0. The van der Waals surface area contributed by atoms with E-state index < -0.39 is 11.8 Å². The standard InChI is InChI=1S/C10H18O5/c1-9(2,3)6-10(4,5)14-8(12)15-13-7-11/h7H,6H2,1-5H3. The van der Waals surface area contributed by atoms with Crippen LogP contribution < -0.4 is 0 Å². The van der Waals surface area contributed by atoms with Crippen LogP contribution in [-0.2, 0) is 19.3 Å². The van der Waals surface area contributed by atoms with Crippen LogP contribution in [0, 0.1) is 5.41 Å². The SMILES string of the molecule is CC(C)(C)CC(C)(C)OC(=O)OOC=O. The molecule has 5 nitrogen and oxygen atoms in total. The Morgan fingerprint density at radius 1 is 1.20 bits per heavy atom. The molecule has 0 spiro atoms. The van der Waals surface area contributed by atoms with Gasteiger partial charge in [-0.05, 0) is 25.7 Å². The minimum atomic E-state index is -1.02. The molecule has 0 aromatic heterocycles. The first-order valence-electron chi connectivity index (χ1n) is 4.66. The van der Waals surface area contributed by atoms with Crippen molar-refractivity contribution < 1.29 is 24.1 Å². The van der Waals surface area contributed by atoms with E-state index in [1.54, 1.807) is 13.8 Å². The topological polar surface area (TPSA) is 61.8 Å². The Labute approximate surface area is 89.6 Å². The quantitative estimate of drug-likeness (QED) is 0.314. The molecule has 0 radical (unpaired) electrons. The van der Waals surface area contributed by atoms with Gasteiger partial charge in [-0.25, -0.2) is 9.78 Å². The second-order valence-electron chi connectivity index (χ2n) is 5.12. The number of hydrogen-bond acceptors (Lipinski definition) is 5. The van der Waals surface area contributed by atoms with Crippen molar-refractivity contribution in [3.8, 4) is 0 Å². The molecule has 0 aromatic rings. The van der Waals surface area contributed by atoms with Crippen LogP contribution in [0.25, 0.3) is 0 Å². The lowest BCUT2D eigenvalue weighted by Gasteiger charge is -2.31. The highest BCUT2D eigenvalue weighted by Gasteiger charge is 2.30. The molecule has 0 atom stereocenters. The number of carbonyl (C=O) groups is 2. The number of hydrogen-bond donors (Lipinski definition) is 0. The fourth-order valence-electron chi connectivity index (χ4n) is 1.61. The molecule has 0 unspecified atom stereocenters. The van der Waals surface area contributed by atoms with E-state index >= 15 is 0 Å².